The van der Waals surface area contributed by atoms with E-state index in [1.165, 1.54) is 11.3 Å². The molecular formula is C17H12Cl2N2O2S. The van der Waals surface area contributed by atoms with E-state index in [1.807, 2.05) is 17.5 Å². The Bertz CT molecular complexity index is 833. The molecule has 3 rings (SSSR count). The lowest BCUT2D eigenvalue weighted by Gasteiger charge is -2.05. The third kappa shape index (κ3) is 4.47. The van der Waals surface area contributed by atoms with Gasteiger partial charge in [0.2, 0.25) is 0 Å². The highest BCUT2D eigenvalue weighted by Crippen LogP contribution is 2.26. The van der Waals surface area contributed by atoms with Crippen molar-refractivity contribution in [2.45, 2.75) is 0 Å². The molecular weight excluding hydrogens is 367 g/mol. The number of benzene rings is 2. The number of halogens is 2. The Hall–Kier alpha value is -2.08. The number of amides is 1. The van der Waals surface area contributed by atoms with Crippen LogP contribution in [-0.4, -0.2) is 17.5 Å². The van der Waals surface area contributed by atoms with Gasteiger partial charge in [-0.05, 0) is 36.4 Å². The Morgan fingerprint density at radius 1 is 1.04 bits per heavy atom. The van der Waals surface area contributed by atoms with Crippen molar-refractivity contribution in [3.8, 4) is 17.0 Å². The van der Waals surface area contributed by atoms with E-state index in [2.05, 4.69) is 10.3 Å². The van der Waals surface area contributed by atoms with Crippen LogP contribution in [0.2, 0.25) is 10.0 Å². The topological polar surface area (TPSA) is 51.2 Å². The molecule has 1 amide bonds. The molecule has 0 unspecified atom stereocenters. The van der Waals surface area contributed by atoms with Crippen LogP contribution in [0.4, 0.5) is 5.13 Å². The Labute approximate surface area is 153 Å². The van der Waals surface area contributed by atoms with Gasteiger partial charge in [-0.15, -0.1) is 11.3 Å². The van der Waals surface area contributed by atoms with Gasteiger partial charge in [0.25, 0.3) is 5.91 Å². The fraction of sp³-hybridized carbons (Fsp3) is 0.0588. The summed E-state index contributed by atoms with van der Waals surface area (Å²) >= 11 is 13.0. The van der Waals surface area contributed by atoms with Gasteiger partial charge in [0.15, 0.2) is 11.7 Å². The van der Waals surface area contributed by atoms with Crippen LogP contribution in [0.3, 0.4) is 0 Å². The fourth-order valence-electron chi connectivity index (χ4n) is 1.92. The molecule has 0 saturated heterocycles. The quantitative estimate of drug-likeness (QED) is 0.668. The summed E-state index contributed by atoms with van der Waals surface area (Å²) in [7, 11) is 0. The van der Waals surface area contributed by atoms with Gasteiger partial charge in [0, 0.05) is 21.0 Å². The van der Waals surface area contributed by atoms with E-state index >= 15 is 0 Å². The second-order valence-corrected chi connectivity index (χ2v) is 6.57. The van der Waals surface area contributed by atoms with Crippen LogP contribution in [0, 0.1) is 0 Å². The number of carbonyl (C=O) groups excluding carboxylic acids is 1. The van der Waals surface area contributed by atoms with Crippen molar-refractivity contribution in [3.05, 3.63) is 64.0 Å². The van der Waals surface area contributed by atoms with Gasteiger partial charge in [0.05, 0.1) is 5.69 Å². The number of hydrogen-bond acceptors (Lipinski definition) is 4. The number of ether oxygens (including phenoxy) is 1. The molecule has 3 aromatic rings. The van der Waals surface area contributed by atoms with E-state index in [1.54, 1.807) is 36.4 Å². The van der Waals surface area contributed by atoms with Crippen LogP contribution in [0.1, 0.15) is 0 Å². The van der Waals surface area contributed by atoms with E-state index in [0.717, 1.165) is 11.3 Å². The molecule has 0 spiro atoms. The van der Waals surface area contributed by atoms with Crippen molar-refractivity contribution in [1.29, 1.82) is 0 Å². The molecule has 1 heterocycles. The Balaban J connectivity index is 1.57. The molecule has 122 valence electrons. The minimum absolute atomic E-state index is 0.0997. The van der Waals surface area contributed by atoms with E-state index in [-0.39, 0.29) is 12.5 Å². The zero-order valence-corrected chi connectivity index (χ0v) is 14.7. The molecule has 7 heteroatoms. The number of carbonyl (C=O) groups is 1. The Morgan fingerprint density at radius 2 is 1.67 bits per heavy atom. The smallest absolute Gasteiger partial charge is 0.264 e. The average Bonchev–Trinajstić information content (AvgIpc) is 3.03. The summed E-state index contributed by atoms with van der Waals surface area (Å²) in [6.45, 7) is -0.0997. The van der Waals surface area contributed by atoms with E-state index in [0.29, 0.717) is 20.9 Å². The first-order valence-corrected chi connectivity index (χ1v) is 8.63. The lowest BCUT2D eigenvalue weighted by Crippen LogP contribution is -2.20. The first-order chi connectivity index (χ1) is 11.6. The molecule has 0 aliphatic carbocycles. The SMILES string of the molecule is O=C(COc1ccc(Cl)cc1)Nc1nc(-c2ccc(Cl)cc2)cs1. The van der Waals surface area contributed by atoms with Crippen molar-refractivity contribution < 1.29 is 9.53 Å². The molecule has 1 aromatic heterocycles. The molecule has 2 aromatic carbocycles. The highest BCUT2D eigenvalue weighted by molar-refractivity contribution is 7.14. The second kappa shape index (κ2) is 7.66. The van der Waals surface area contributed by atoms with Gasteiger partial charge < -0.3 is 4.74 Å². The average molecular weight is 379 g/mol. The fourth-order valence-corrected chi connectivity index (χ4v) is 2.91. The third-order valence-electron chi connectivity index (χ3n) is 3.07. The van der Waals surface area contributed by atoms with Crippen LogP contribution < -0.4 is 10.1 Å². The van der Waals surface area contributed by atoms with Crippen LogP contribution >= 0.6 is 34.5 Å². The summed E-state index contributed by atoms with van der Waals surface area (Å²) in [5.41, 5.74) is 1.72. The van der Waals surface area contributed by atoms with Gasteiger partial charge in [-0.2, -0.15) is 0 Å². The van der Waals surface area contributed by atoms with Gasteiger partial charge in [-0.3, -0.25) is 10.1 Å². The normalized spacial score (nSPS) is 10.4. The van der Waals surface area contributed by atoms with Crippen molar-refractivity contribution in [1.82, 2.24) is 4.98 Å². The molecule has 4 nitrogen and oxygen atoms in total. The molecule has 0 saturated carbocycles. The highest BCUT2D eigenvalue weighted by atomic mass is 35.5. The summed E-state index contributed by atoms with van der Waals surface area (Å²) in [6.07, 6.45) is 0. The van der Waals surface area contributed by atoms with Crippen LogP contribution in [-0.2, 0) is 4.79 Å². The summed E-state index contributed by atoms with van der Waals surface area (Å²) in [5.74, 6) is 0.303. The van der Waals surface area contributed by atoms with Crippen LogP contribution in [0.15, 0.2) is 53.9 Å². The Morgan fingerprint density at radius 3 is 2.33 bits per heavy atom. The molecule has 0 radical (unpaired) electrons. The Kier molecular flexibility index (Phi) is 5.35. The number of rotatable bonds is 5. The summed E-state index contributed by atoms with van der Waals surface area (Å²) in [6, 6.07) is 14.2. The zero-order valence-electron chi connectivity index (χ0n) is 12.3. The standard InChI is InChI=1S/C17H12Cl2N2O2S/c18-12-3-1-11(2-4-12)15-10-24-17(20-15)21-16(22)9-23-14-7-5-13(19)6-8-14/h1-8,10H,9H2,(H,20,21,22). The lowest BCUT2D eigenvalue weighted by molar-refractivity contribution is -0.118. The molecule has 0 aliphatic rings. The minimum atomic E-state index is -0.276. The third-order valence-corrected chi connectivity index (χ3v) is 4.34. The van der Waals surface area contributed by atoms with E-state index < -0.39 is 0 Å². The molecule has 1 N–H and O–H groups in total. The van der Waals surface area contributed by atoms with Crippen LogP contribution in [0.5, 0.6) is 5.75 Å². The number of aromatic nitrogens is 1. The van der Waals surface area contributed by atoms with Crippen molar-refractivity contribution in [2.24, 2.45) is 0 Å². The predicted molar refractivity (Wildman–Crippen MR) is 98.1 cm³/mol. The number of nitrogens with zero attached hydrogens (tertiary/aromatic N) is 1. The number of anilines is 1. The largest absolute Gasteiger partial charge is 0.484 e. The zero-order chi connectivity index (χ0) is 16.9. The summed E-state index contributed by atoms with van der Waals surface area (Å²) < 4.78 is 5.39. The maximum Gasteiger partial charge on any atom is 0.264 e. The monoisotopic (exact) mass is 378 g/mol. The number of hydrogen-bond donors (Lipinski definition) is 1. The highest BCUT2D eigenvalue weighted by Gasteiger charge is 2.09. The maximum atomic E-state index is 11.9. The van der Waals surface area contributed by atoms with Gasteiger partial charge >= 0.3 is 0 Å². The second-order valence-electron chi connectivity index (χ2n) is 4.84. The molecule has 0 atom stereocenters. The maximum absolute atomic E-state index is 11.9. The number of nitrogens with one attached hydrogen (secondary N) is 1. The lowest BCUT2D eigenvalue weighted by atomic mass is 10.2. The van der Waals surface area contributed by atoms with Gasteiger partial charge in [0.1, 0.15) is 5.75 Å². The van der Waals surface area contributed by atoms with Gasteiger partial charge in [-0.1, -0.05) is 35.3 Å². The number of thiazole rings is 1. The first kappa shape index (κ1) is 16.8. The molecule has 0 bridgehead atoms. The predicted octanol–water partition coefficient (Wildman–Crippen LogP) is 5.13. The summed E-state index contributed by atoms with van der Waals surface area (Å²) in [4.78, 5) is 16.3. The van der Waals surface area contributed by atoms with E-state index in [9.17, 15) is 4.79 Å². The van der Waals surface area contributed by atoms with E-state index in [4.69, 9.17) is 27.9 Å². The van der Waals surface area contributed by atoms with Crippen molar-refractivity contribution in [2.75, 3.05) is 11.9 Å². The molecule has 24 heavy (non-hydrogen) atoms. The van der Waals surface area contributed by atoms with Crippen molar-refractivity contribution >= 4 is 45.6 Å². The first-order valence-electron chi connectivity index (χ1n) is 7.00. The summed E-state index contributed by atoms with van der Waals surface area (Å²) in [5, 5.41) is 6.39. The van der Waals surface area contributed by atoms with Crippen LogP contribution in [0.25, 0.3) is 11.3 Å². The molecule has 0 fully saturated rings. The van der Waals surface area contributed by atoms with Gasteiger partial charge in [-0.25, -0.2) is 4.98 Å². The van der Waals surface area contributed by atoms with Crippen molar-refractivity contribution in [3.63, 3.8) is 0 Å². The minimum Gasteiger partial charge on any atom is -0.484 e. The molecule has 0 aliphatic heterocycles.